The Labute approximate surface area is 268 Å². The fourth-order valence-electron chi connectivity index (χ4n) is 5.78. The Morgan fingerprint density at radius 2 is 1.91 bits per heavy atom. The van der Waals surface area contributed by atoms with E-state index in [1.807, 2.05) is 68.2 Å². The Morgan fingerprint density at radius 3 is 2.66 bits per heavy atom. The molecular weight excluding hydrogens is 599 g/mol. The van der Waals surface area contributed by atoms with Crippen molar-refractivity contribution in [3.05, 3.63) is 93.6 Å². The third-order valence-electron chi connectivity index (χ3n) is 8.21. The number of likely N-dealkylation sites (N-methyl/N-ethyl adjacent to an activating group) is 1. The number of amides is 2. The molecule has 4 aromatic rings. The third-order valence-corrected chi connectivity index (χ3v) is 8.95. The zero-order valence-corrected chi connectivity index (χ0v) is 26.9. The minimum atomic E-state index is -0.393. The maximum Gasteiger partial charge on any atom is 0.258 e. The van der Waals surface area contributed by atoms with Crippen molar-refractivity contribution in [1.82, 2.24) is 14.4 Å². The summed E-state index contributed by atoms with van der Waals surface area (Å²) in [7, 11) is 3.97. The van der Waals surface area contributed by atoms with Crippen molar-refractivity contribution in [2.45, 2.75) is 39.0 Å². The highest BCUT2D eigenvalue weighted by Gasteiger charge is 2.33. The van der Waals surface area contributed by atoms with E-state index in [1.165, 1.54) is 0 Å². The van der Waals surface area contributed by atoms with E-state index in [9.17, 15) is 14.7 Å². The number of aromatic nitrogens is 1. The van der Waals surface area contributed by atoms with Crippen LogP contribution in [-0.2, 0) is 24.8 Å². The van der Waals surface area contributed by atoms with Gasteiger partial charge in [-0.1, -0.05) is 54.4 Å². The topological polar surface area (TPSA) is 87.0 Å². The number of hydrogen-bond donors (Lipinski definition) is 2. The largest absolute Gasteiger partial charge is 0.488 e. The molecule has 2 N–H and O–H groups in total. The molecule has 0 fully saturated rings. The summed E-state index contributed by atoms with van der Waals surface area (Å²) >= 11 is 12.3. The minimum absolute atomic E-state index is 0.0302. The van der Waals surface area contributed by atoms with Crippen molar-refractivity contribution in [3.8, 4) is 5.75 Å². The molecule has 0 radical (unpaired) electrons. The van der Waals surface area contributed by atoms with E-state index in [-0.39, 0.29) is 36.9 Å². The van der Waals surface area contributed by atoms with Crippen molar-refractivity contribution < 1.29 is 19.4 Å². The van der Waals surface area contributed by atoms with Gasteiger partial charge in [0.05, 0.1) is 34.7 Å². The van der Waals surface area contributed by atoms with Gasteiger partial charge in [0.25, 0.3) is 5.91 Å². The SMILES string of the molecule is C[C@H](CO)N1C[C@H](C)[C@H](CN(C)Cc2ccc(Cl)c(Cl)c2)Oc2ccc(NC(=O)Cc3cn(C)c4ccccc34)cc2C1=O. The standard InChI is InChI=1S/C34H38Cl2N4O4/c1-21-16-40(22(2)20-41)34(43)27-15-25(37-33(42)14-24-18-39(4)30-8-6-5-7-26(24)30)10-12-31(27)44-32(21)19-38(3)17-23-9-11-28(35)29(36)13-23/h5-13,15,18,21-22,32,41H,14,16-17,19-20H2,1-4H3,(H,37,42)/t21-,22+,32-/m0/s1. The lowest BCUT2D eigenvalue weighted by molar-refractivity contribution is -0.115. The molecule has 0 aliphatic carbocycles. The first-order chi connectivity index (χ1) is 21.0. The van der Waals surface area contributed by atoms with Crippen LogP contribution in [0.25, 0.3) is 10.9 Å². The Bertz CT molecular complexity index is 1670. The van der Waals surface area contributed by atoms with Gasteiger partial charge in [-0.2, -0.15) is 0 Å². The highest BCUT2D eigenvalue weighted by Crippen LogP contribution is 2.31. The normalized spacial score (nSPS) is 17.6. The van der Waals surface area contributed by atoms with Gasteiger partial charge in [0, 0.05) is 55.4 Å². The van der Waals surface area contributed by atoms with Crippen LogP contribution in [-0.4, -0.2) is 70.2 Å². The number of aliphatic hydroxyl groups excluding tert-OH is 1. The molecule has 3 atom stereocenters. The zero-order chi connectivity index (χ0) is 31.5. The number of halogens is 2. The fourth-order valence-corrected chi connectivity index (χ4v) is 6.10. The molecule has 1 aromatic heterocycles. The van der Waals surface area contributed by atoms with Crippen molar-refractivity contribution >= 4 is 51.6 Å². The van der Waals surface area contributed by atoms with Gasteiger partial charge in [-0.3, -0.25) is 14.5 Å². The lowest BCUT2D eigenvalue weighted by Gasteiger charge is -2.38. The number of aliphatic hydroxyl groups is 1. The molecule has 10 heteroatoms. The maximum atomic E-state index is 13.8. The number of nitrogens with zero attached hydrogens (tertiary/aromatic N) is 3. The average Bonchev–Trinajstić information content (AvgIpc) is 3.31. The molecule has 1 aliphatic heterocycles. The molecule has 44 heavy (non-hydrogen) atoms. The third kappa shape index (κ3) is 7.05. The van der Waals surface area contributed by atoms with E-state index in [4.69, 9.17) is 27.9 Å². The molecule has 1 aliphatic rings. The Morgan fingerprint density at radius 1 is 1.14 bits per heavy atom. The van der Waals surface area contributed by atoms with Crippen molar-refractivity contribution in [3.63, 3.8) is 0 Å². The number of benzene rings is 3. The molecule has 3 aromatic carbocycles. The molecule has 232 valence electrons. The number of nitrogens with one attached hydrogen (secondary N) is 1. The number of anilines is 1. The van der Waals surface area contributed by atoms with Gasteiger partial charge in [0.2, 0.25) is 5.91 Å². The molecule has 5 rings (SSSR count). The van der Waals surface area contributed by atoms with Crippen LogP contribution in [0.1, 0.15) is 35.3 Å². The van der Waals surface area contributed by atoms with Crippen molar-refractivity contribution in [2.24, 2.45) is 13.0 Å². The molecule has 2 amide bonds. The molecule has 2 heterocycles. The monoisotopic (exact) mass is 636 g/mol. The fraction of sp³-hybridized carbons (Fsp3) is 0.353. The lowest BCUT2D eigenvalue weighted by atomic mass is 9.99. The smallest absolute Gasteiger partial charge is 0.258 e. The lowest BCUT2D eigenvalue weighted by Crippen LogP contribution is -2.49. The first-order valence-corrected chi connectivity index (χ1v) is 15.5. The van der Waals surface area contributed by atoms with Gasteiger partial charge in [-0.15, -0.1) is 0 Å². The molecule has 8 nitrogen and oxygen atoms in total. The van der Waals surface area contributed by atoms with E-state index in [0.29, 0.717) is 46.7 Å². The molecular formula is C34H38Cl2N4O4. The second-order valence-electron chi connectivity index (χ2n) is 11.8. The molecule has 0 saturated carbocycles. The first-order valence-electron chi connectivity index (χ1n) is 14.7. The van der Waals surface area contributed by atoms with Crippen LogP contribution in [0.2, 0.25) is 10.0 Å². The van der Waals surface area contributed by atoms with Crippen molar-refractivity contribution in [2.75, 3.05) is 32.1 Å². The highest BCUT2D eigenvalue weighted by molar-refractivity contribution is 6.42. The molecule has 0 saturated heterocycles. The predicted octanol–water partition coefficient (Wildman–Crippen LogP) is 6.02. The summed E-state index contributed by atoms with van der Waals surface area (Å²) in [6.45, 7) is 5.33. The second-order valence-corrected chi connectivity index (χ2v) is 12.6. The Kier molecular flexibility index (Phi) is 9.85. The van der Waals surface area contributed by atoms with Gasteiger partial charge >= 0.3 is 0 Å². The van der Waals surface area contributed by atoms with Crippen LogP contribution < -0.4 is 10.1 Å². The average molecular weight is 638 g/mol. The number of carbonyl (C=O) groups excluding carboxylic acids is 2. The second kappa shape index (κ2) is 13.6. The van der Waals surface area contributed by atoms with Gasteiger partial charge in [0.15, 0.2) is 0 Å². The molecule has 0 spiro atoms. The number of rotatable bonds is 9. The minimum Gasteiger partial charge on any atom is -0.488 e. The van der Waals surface area contributed by atoms with Crippen LogP contribution in [0.3, 0.4) is 0 Å². The zero-order valence-electron chi connectivity index (χ0n) is 25.4. The van der Waals surface area contributed by atoms with Crippen LogP contribution in [0, 0.1) is 5.92 Å². The van der Waals surface area contributed by atoms with Crippen LogP contribution in [0.15, 0.2) is 66.9 Å². The van der Waals surface area contributed by atoms with E-state index >= 15 is 0 Å². The summed E-state index contributed by atoms with van der Waals surface area (Å²) in [5.41, 5.74) is 3.86. The number of para-hydroxylation sites is 1. The summed E-state index contributed by atoms with van der Waals surface area (Å²) in [4.78, 5) is 30.8. The number of aryl methyl sites for hydroxylation is 1. The van der Waals surface area contributed by atoms with E-state index in [1.54, 1.807) is 29.2 Å². The quantitative estimate of drug-likeness (QED) is 0.235. The van der Waals surface area contributed by atoms with Crippen molar-refractivity contribution in [1.29, 1.82) is 0 Å². The first kappa shape index (κ1) is 31.9. The number of fused-ring (bicyclic) bond motifs is 2. The molecule has 0 unspecified atom stereocenters. The summed E-state index contributed by atoms with van der Waals surface area (Å²) in [6, 6.07) is 18.3. The van der Waals surface area contributed by atoms with E-state index in [0.717, 1.165) is 22.0 Å². The summed E-state index contributed by atoms with van der Waals surface area (Å²) in [6.07, 6.45) is 1.91. The van der Waals surface area contributed by atoms with Crippen LogP contribution >= 0.6 is 23.2 Å². The number of ether oxygens (including phenoxy) is 1. The summed E-state index contributed by atoms with van der Waals surface area (Å²) in [5.74, 6) is -0.0215. The van der Waals surface area contributed by atoms with Crippen LogP contribution in [0.4, 0.5) is 5.69 Å². The maximum absolute atomic E-state index is 13.8. The predicted molar refractivity (Wildman–Crippen MR) is 176 cm³/mol. The van der Waals surface area contributed by atoms with Gasteiger partial charge in [-0.25, -0.2) is 0 Å². The van der Waals surface area contributed by atoms with Gasteiger partial charge < -0.3 is 24.6 Å². The number of hydrogen-bond acceptors (Lipinski definition) is 5. The summed E-state index contributed by atoms with van der Waals surface area (Å²) < 4.78 is 8.53. The number of carbonyl (C=O) groups is 2. The highest BCUT2D eigenvalue weighted by atomic mass is 35.5. The van der Waals surface area contributed by atoms with E-state index in [2.05, 4.69) is 17.1 Å². The summed E-state index contributed by atoms with van der Waals surface area (Å²) in [5, 5.41) is 15.0. The Hall–Kier alpha value is -3.56. The van der Waals surface area contributed by atoms with E-state index < -0.39 is 6.04 Å². The molecule has 0 bridgehead atoms. The van der Waals surface area contributed by atoms with Crippen LogP contribution in [0.5, 0.6) is 5.75 Å². The van der Waals surface area contributed by atoms with Gasteiger partial charge in [0.1, 0.15) is 11.9 Å². The van der Waals surface area contributed by atoms with Gasteiger partial charge in [-0.05, 0) is 61.5 Å². The Balaban J connectivity index is 1.37.